The number of fused-ring (bicyclic) bond motifs is 1. The molecule has 2 bridgehead atoms. The van der Waals surface area contributed by atoms with Crippen molar-refractivity contribution in [3.05, 3.63) is 59.7 Å². The van der Waals surface area contributed by atoms with Crippen LogP contribution in [0, 0.1) is 11.3 Å². The quantitative estimate of drug-likeness (QED) is 0.561. The van der Waals surface area contributed by atoms with Crippen molar-refractivity contribution < 1.29 is 19.1 Å². The van der Waals surface area contributed by atoms with Gasteiger partial charge in [-0.3, -0.25) is 9.59 Å². The summed E-state index contributed by atoms with van der Waals surface area (Å²) in [6, 6.07) is 9.91. The SMILES string of the molecule is COC(=O)[C@@]1(CCC=C(C)C)[C@H]2C(=O)N(Cc3ccccc3)C[C@]23C=C[C@H]1O3. The van der Waals surface area contributed by atoms with Gasteiger partial charge in [0.05, 0.1) is 25.7 Å². The lowest BCUT2D eigenvalue weighted by Gasteiger charge is -2.35. The Hall–Kier alpha value is -2.40. The van der Waals surface area contributed by atoms with Gasteiger partial charge in [0.1, 0.15) is 11.0 Å². The Kier molecular flexibility index (Phi) is 4.66. The number of carbonyl (C=O) groups excluding carboxylic acids is 2. The molecule has 0 N–H and O–H groups in total. The number of allylic oxidation sites excluding steroid dienone is 2. The summed E-state index contributed by atoms with van der Waals surface area (Å²) >= 11 is 0. The summed E-state index contributed by atoms with van der Waals surface area (Å²) in [6.07, 6.45) is 6.90. The normalized spacial score (nSPS) is 32.5. The van der Waals surface area contributed by atoms with Crippen LogP contribution in [0.4, 0.5) is 0 Å². The molecule has 4 atom stereocenters. The Labute approximate surface area is 166 Å². The number of nitrogens with zero attached hydrogens (tertiary/aromatic N) is 1. The van der Waals surface area contributed by atoms with Crippen molar-refractivity contribution in [2.24, 2.45) is 11.3 Å². The minimum absolute atomic E-state index is 0.0155. The minimum atomic E-state index is -0.960. The van der Waals surface area contributed by atoms with E-state index in [-0.39, 0.29) is 11.9 Å². The van der Waals surface area contributed by atoms with E-state index in [4.69, 9.17) is 9.47 Å². The van der Waals surface area contributed by atoms with Crippen molar-refractivity contribution in [2.45, 2.75) is 44.9 Å². The second kappa shape index (κ2) is 6.89. The summed E-state index contributed by atoms with van der Waals surface area (Å²) in [5.74, 6) is -0.888. The number of benzene rings is 1. The van der Waals surface area contributed by atoms with Gasteiger partial charge in [-0.25, -0.2) is 0 Å². The molecule has 1 aromatic carbocycles. The van der Waals surface area contributed by atoms with Crippen molar-refractivity contribution >= 4 is 11.9 Å². The smallest absolute Gasteiger partial charge is 0.315 e. The number of amides is 1. The first-order chi connectivity index (χ1) is 13.4. The molecule has 2 fully saturated rings. The van der Waals surface area contributed by atoms with Crippen LogP contribution < -0.4 is 0 Å². The van der Waals surface area contributed by atoms with Crippen molar-refractivity contribution in [2.75, 3.05) is 13.7 Å². The summed E-state index contributed by atoms with van der Waals surface area (Å²) < 4.78 is 11.5. The van der Waals surface area contributed by atoms with E-state index in [9.17, 15) is 9.59 Å². The predicted octanol–water partition coefficient (Wildman–Crippen LogP) is 3.26. The third-order valence-electron chi connectivity index (χ3n) is 6.30. The molecule has 5 nitrogen and oxygen atoms in total. The van der Waals surface area contributed by atoms with E-state index in [0.29, 0.717) is 25.9 Å². The lowest BCUT2D eigenvalue weighted by molar-refractivity contribution is -0.161. The third kappa shape index (κ3) is 2.72. The molecule has 0 aromatic heterocycles. The van der Waals surface area contributed by atoms with E-state index in [0.717, 1.165) is 5.56 Å². The maximum atomic E-state index is 13.5. The van der Waals surface area contributed by atoms with Gasteiger partial charge in [-0.05, 0) is 32.3 Å². The lowest BCUT2D eigenvalue weighted by Crippen LogP contribution is -2.50. The van der Waals surface area contributed by atoms with E-state index in [1.54, 1.807) is 0 Å². The van der Waals surface area contributed by atoms with Gasteiger partial charge < -0.3 is 14.4 Å². The van der Waals surface area contributed by atoms with Gasteiger partial charge in [-0.1, -0.05) is 54.1 Å². The highest BCUT2D eigenvalue weighted by atomic mass is 16.5. The summed E-state index contributed by atoms with van der Waals surface area (Å²) in [4.78, 5) is 28.3. The van der Waals surface area contributed by atoms with Gasteiger partial charge in [0, 0.05) is 6.54 Å². The van der Waals surface area contributed by atoms with Crippen molar-refractivity contribution in [3.8, 4) is 0 Å². The number of hydrogen-bond acceptors (Lipinski definition) is 4. The molecule has 0 radical (unpaired) electrons. The van der Waals surface area contributed by atoms with Crippen LogP contribution in [0.25, 0.3) is 0 Å². The van der Waals surface area contributed by atoms with Crippen LogP contribution in [-0.2, 0) is 25.6 Å². The maximum Gasteiger partial charge on any atom is 0.315 e. The summed E-state index contributed by atoms with van der Waals surface area (Å²) in [5, 5.41) is 0. The number of methoxy groups -OCH3 is 1. The Bertz CT molecular complexity index is 841. The molecule has 0 unspecified atom stereocenters. The van der Waals surface area contributed by atoms with Crippen LogP contribution in [0.15, 0.2) is 54.1 Å². The van der Waals surface area contributed by atoms with E-state index in [2.05, 4.69) is 6.08 Å². The molecule has 4 rings (SSSR count). The van der Waals surface area contributed by atoms with E-state index in [1.807, 2.05) is 61.2 Å². The van der Waals surface area contributed by atoms with Crippen LogP contribution in [0.1, 0.15) is 32.3 Å². The summed E-state index contributed by atoms with van der Waals surface area (Å²) in [7, 11) is 1.40. The Balaban J connectivity index is 1.68. The Morgan fingerprint density at radius 1 is 1.32 bits per heavy atom. The van der Waals surface area contributed by atoms with Gasteiger partial charge in [0.2, 0.25) is 5.91 Å². The number of carbonyl (C=O) groups is 2. The highest BCUT2D eigenvalue weighted by Crippen LogP contribution is 2.60. The Morgan fingerprint density at radius 3 is 2.75 bits per heavy atom. The molecular weight excluding hydrogens is 354 g/mol. The monoisotopic (exact) mass is 381 g/mol. The molecule has 3 aliphatic heterocycles. The average Bonchev–Trinajstić information content (AvgIpc) is 3.30. The number of esters is 1. The van der Waals surface area contributed by atoms with Gasteiger partial charge in [-0.15, -0.1) is 0 Å². The van der Waals surface area contributed by atoms with Crippen LogP contribution in [0.2, 0.25) is 0 Å². The molecule has 148 valence electrons. The zero-order valence-corrected chi connectivity index (χ0v) is 16.7. The molecule has 1 spiro atoms. The number of likely N-dealkylation sites (tertiary alicyclic amines) is 1. The van der Waals surface area contributed by atoms with E-state index in [1.165, 1.54) is 12.7 Å². The van der Waals surface area contributed by atoms with Crippen LogP contribution >= 0.6 is 0 Å². The third-order valence-corrected chi connectivity index (χ3v) is 6.30. The molecular formula is C23H27NO4. The zero-order chi connectivity index (χ0) is 19.9. The van der Waals surface area contributed by atoms with Gasteiger partial charge >= 0.3 is 5.97 Å². The van der Waals surface area contributed by atoms with E-state index < -0.39 is 23.0 Å². The number of rotatable bonds is 6. The van der Waals surface area contributed by atoms with Gasteiger partial charge in [0.25, 0.3) is 0 Å². The zero-order valence-electron chi connectivity index (χ0n) is 16.7. The van der Waals surface area contributed by atoms with Crippen LogP contribution in [0.3, 0.4) is 0 Å². The highest BCUT2D eigenvalue weighted by molar-refractivity contribution is 5.93. The first-order valence-corrected chi connectivity index (χ1v) is 9.84. The van der Waals surface area contributed by atoms with E-state index >= 15 is 0 Å². The van der Waals surface area contributed by atoms with Crippen molar-refractivity contribution in [1.82, 2.24) is 4.90 Å². The lowest BCUT2D eigenvalue weighted by atomic mass is 9.63. The molecule has 5 heteroatoms. The molecule has 3 aliphatic rings. The standard InChI is InChI=1S/C23H27NO4/c1-16(2)8-7-12-23(21(26)27-3)18-11-13-22(28-18)15-24(20(25)19(22)23)14-17-9-5-4-6-10-17/h4-6,8-11,13,18-19H,7,12,14-15H2,1-3H3/t18-,19+,22-,23-/m1/s1. The van der Waals surface area contributed by atoms with Crippen molar-refractivity contribution in [1.29, 1.82) is 0 Å². The molecule has 1 amide bonds. The molecule has 0 aliphatic carbocycles. The molecule has 2 saturated heterocycles. The number of ether oxygens (including phenoxy) is 2. The predicted molar refractivity (Wildman–Crippen MR) is 105 cm³/mol. The largest absolute Gasteiger partial charge is 0.468 e. The molecule has 3 heterocycles. The van der Waals surface area contributed by atoms with Crippen LogP contribution in [0.5, 0.6) is 0 Å². The van der Waals surface area contributed by atoms with Crippen LogP contribution in [-0.4, -0.2) is 42.1 Å². The average molecular weight is 381 g/mol. The summed E-state index contributed by atoms with van der Waals surface area (Å²) in [6.45, 7) is 5.06. The first kappa shape index (κ1) is 18.9. The van der Waals surface area contributed by atoms with Crippen molar-refractivity contribution in [3.63, 3.8) is 0 Å². The fraction of sp³-hybridized carbons (Fsp3) is 0.478. The Morgan fingerprint density at radius 2 is 2.07 bits per heavy atom. The fourth-order valence-corrected chi connectivity index (χ4v) is 5.13. The highest BCUT2D eigenvalue weighted by Gasteiger charge is 2.74. The molecule has 28 heavy (non-hydrogen) atoms. The summed E-state index contributed by atoms with van der Waals surface area (Å²) in [5.41, 5.74) is 0.574. The topological polar surface area (TPSA) is 55.8 Å². The molecule has 1 aromatic rings. The van der Waals surface area contributed by atoms with Gasteiger partial charge in [-0.2, -0.15) is 0 Å². The second-order valence-corrected chi connectivity index (χ2v) is 8.32. The van der Waals surface area contributed by atoms with Gasteiger partial charge in [0.15, 0.2) is 0 Å². The minimum Gasteiger partial charge on any atom is -0.468 e. The maximum absolute atomic E-state index is 13.5. The molecule has 0 saturated carbocycles. The first-order valence-electron chi connectivity index (χ1n) is 9.84. The second-order valence-electron chi connectivity index (χ2n) is 8.32. The number of hydrogen-bond donors (Lipinski definition) is 0. The fourth-order valence-electron chi connectivity index (χ4n) is 5.13.